The number of carbonyl (C=O) groups is 2. The first-order valence-corrected chi connectivity index (χ1v) is 5.07. The van der Waals surface area contributed by atoms with Gasteiger partial charge in [-0.2, -0.15) is 13.2 Å². The molecule has 0 aromatic heterocycles. The highest BCUT2D eigenvalue weighted by Crippen LogP contribution is 2.12. The van der Waals surface area contributed by atoms with Crippen LogP contribution in [-0.2, 0) is 9.53 Å². The zero-order valence-electron chi connectivity index (χ0n) is 9.53. The van der Waals surface area contributed by atoms with Crippen molar-refractivity contribution >= 4 is 11.9 Å². The zero-order valence-corrected chi connectivity index (χ0v) is 9.53. The fourth-order valence-electron chi connectivity index (χ4n) is 1.06. The summed E-state index contributed by atoms with van der Waals surface area (Å²) in [5.74, 6) is -1.98. The Morgan fingerprint density at radius 1 is 1.21 bits per heavy atom. The molecule has 0 radical (unpaired) electrons. The van der Waals surface area contributed by atoms with E-state index in [0.717, 1.165) is 0 Å². The molecule has 19 heavy (non-hydrogen) atoms. The second-order valence-corrected chi connectivity index (χ2v) is 3.51. The number of alkyl halides is 3. The van der Waals surface area contributed by atoms with Gasteiger partial charge in [0.05, 0.1) is 5.56 Å². The lowest BCUT2D eigenvalue weighted by Gasteiger charge is -2.08. The van der Waals surface area contributed by atoms with E-state index in [2.05, 4.69) is 4.74 Å². The summed E-state index contributed by atoms with van der Waals surface area (Å²) in [7, 11) is 0. The van der Waals surface area contributed by atoms with E-state index in [9.17, 15) is 22.8 Å². The molecule has 0 unspecified atom stereocenters. The number of halogens is 3. The van der Waals surface area contributed by atoms with Gasteiger partial charge in [0, 0.05) is 0 Å². The van der Waals surface area contributed by atoms with Crippen LogP contribution < -0.4 is 5.32 Å². The van der Waals surface area contributed by atoms with Gasteiger partial charge in [0.25, 0.3) is 5.91 Å². The fraction of sp³-hybridized carbons (Fsp3) is 0.273. The highest BCUT2D eigenvalue weighted by atomic mass is 19.4. The molecular formula is C11H10F3NO4. The van der Waals surface area contributed by atoms with Gasteiger partial charge in [0.1, 0.15) is 12.3 Å². The molecule has 1 rings (SSSR count). The third kappa shape index (κ3) is 5.75. The van der Waals surface area contributed by atoms with Crippen LogP contribution in [0.5, 0.6) is 5.75 Å². The van der Waals surface area contributed by atoms with E-state index in [0.29, 0.717) is 0 Å². The molecule has 8 heteroatoms. The Kier molecular flexibility index (Phi) is 4.74. The Bertz CT molecular complexity index is 456. The van der Waals surface area contributed by atoms with Crippen molar-refractivity contribution in [3.05, 3.63) is 29.8 Å². The maximum atomic E-state index is 11.8. The second-order valence-electron chi connectivity index (χ2n) is 3.51. The summed E-state index contributed by atoms with van der Waals surface area (Å²) in [6, 6.07) is 4.98. The number of hydrogen-bond acceptors (Lipinski definition) is 4. The van der Waals surface area contributed by atoms with Crippen LogP contribution in [0.15, 0.2) is 24.3 Å². The lowest BCUT2D eigenvalue weighted by Crippen LogP contribution is -2.36. The first kappa shape index (κ1) is 14.8. The van der Waals surface area contributed by atoms with Crippen LogP contribution in [0.3, 0.4) is 0 Å². The normalized spacial score (nSPS) is 10.9. The van der Waals surface area contributed by atoms with E-state index in [4.69, 9.17) is 5.11 Å². The summed E-state index contributed by atoms with van der Waals surface area (Å²) in [5, 5.41) is 10.5. The van der Waals surface area contributed by atoms with Gasteiger partial charge < -0.3 is 15.2 Å². The van der Waals surface area contributed by atoms with Gasteiger partial charge in [-0.1, -0.05) is 0 Å². The van der Waals surface area contributed by atoms with Crippen LogP contribution >= 0.6 is 0 Å². The number of rotatable bonds is 4. The van der Waals surface area contributed by atoms with Crippen LogP contribution in [0.1, 0.15) is 10.4 Å². The van der Waals surface area contributed by atoms with Crippen molar-refractivity contribution < 1.29 is 32.6 Å². The third-order valence-corrected chi connectivity index (χ3v) is 1.92. The predicted octanol–water partition coefficient (Wildman–Crippen LogP) is 1.23. The van der Waals surface area contributed by atoms with E-state index in [-0.39, 0.29) is 11.3 Å². The van der Waals surface area contributed by atoms with Crippen LogP contribution in [0.4, 0.5) is 13.2 Å². The Hall–Kier alpha value is -2.25. The number of esters is 1. The SMILES string of the molecule is O=C(COC(=O)c1ccc(O)cc1)NCC(F)(F)F. The Balaban J connectivity index is 2.38. The minimum absolute atomic E-state index is 0.0560. The van der Waals surface area contributed by atoms with E-state index in [1.807, 2.05) is 0 Å². The summed E-state index contributed by atoms with van der Waals surface area (Å²) in [5.41, 5.74) is 0.0708. The molecule has 0 saturated carbocycles. The summed E-state index contributed by atoms with van der Waals surface area (Å²) in [6.45, 7) is -2.29. The maximum absolute atomic E-state index is 11.8. The predicted molar refractivity (Wildman–Crippen MR) is 57.5 cm³/mol. The molecule has 104 valence electrons. The van der Waals surface area contributed by atoms with Crippen molar-refractivity contribution in [1.82, 2.24) is 5.32 Å². The number of nitrogens with one attached hydrogen (secondary N) is 1. The molecule has 0 atom stereocenters. The molecule has 1 aromatic carbocycles. The molecular weight excluding hydrogens is 267 g/mol. The van der Waals surface area contributed by atoms with Gasteiger partial charge in [0.2, 0.25) is 0 Å². The standard InChI is InChI=1S/C11H10F3NO4/c12-11(13,14)6-15-9(17)5-19-10(18)7-1-3-8(16)4-2-7/h1-4,16H,5-6H2,(H,15,17). The largest absolute Gasteiger partial charge is 0.508 e. The van der Waals surface area contributed by atoms with Crippen molar-refractivity contribution in [2.24, 2.45) is 0 Å². The smallest absolute Gasteiger partial charge is 0.405 e. The number of hydrogen-bond donors (Lipinski definition) is 2. The highest BCUT2D eigenvalue weighted by molar-refractivity contribution is 5.91. The molecule has 0 aliphatic carbocycles. The minimum atomic E-state index is -4.52. The Labute approximate surface area is 106 Å². The quantitative estimate of drug-likeness (QED) is 0.812. The number of phenolic OH excluding ortho intramolecular Hbond substituents is 1. The van der Waals surface area contributed by atoms with Crippen LogP contribution in [0.2, 0.25) is 0 Å². The van der Waals surface area contributed by atoms with Crippen molar-refractivity contribution in [2.75, 3.05) is 13.2 Å². The van der Waals surface area contributed by atoms with Crippen LogP contribution in [0, 0.1) is 0 Å². The monoisotopic (exact) mass is 277 g/mol. The summed E-state index contributed by atoms with van der Waals surface area (Å²) in [4.78, 5) is 22.3. The van der Waals surface area contributed by atoms with Gasteiger partial charge in [-0.15, -0.1) is 0 Å². The van der Waals surface area contributed by atoms with Gasteiger partial charge in [-0.05, 0) is 24.3 Å². The van der Waals surface area contributed by atoms with Gasteiger partial charge in [-0.3, -0.25) is 4.79 Å². The van der Waals surface area contributed by atoms with E-state index < -0.39 is 31.2 Å². The minimum Gasteiger partial charge on any atom is -0.508 e. The number of phenols is 1. The summed E-state index contributed by atoms with van der Waals surface area (Å²) >= 11 is 0. The molecule has 0 spiro atoms. The molecule has 0 fully saturated rings. The summed E-state index contributed by atoms with van der Waals surface area (Å²) < 4.78 is 39.8. The first-order valence-electron chi connectivity index (χ1n) is 5.07. The van der Waals surface area contributed by atoms with Crippen LogP contribution in [-0.4, -0.2) is 36.3 Å². The average molecular weight is 277 g/mol. The Morgan fingerprint density at radius 3 is 2.32 bits per heavy atom. The fourth-order valence-corrected chi connectivity index (χ4v) is 1.06. The molecule has 5 nitrogen and oxygen atoms in total. The van der Waals surface area contributed by atoms with Crippen molar-refractivity contribution in [2.45, 2.75) is 6.18 Å². The highest BCUT2D eigenvalue weighted by Gasteiger charge is 2.27. The molecule has 0 saturated heterocycles. The second kappa shape index (κ2) is 6.07. The lowest BCUT2D eigenvalue weighted by molar-refractivity contribution is -0.140. The van der Waals surface area contributed by atoms with E-state index in [1.165, 1.54) is 24.3 Å². The number of benzene rings is 1. The number of carbonyl (C=O) groups excluding carboxylic acids is 2. The molecule has 2 N–H and O–H groups in total. The number of aromatic hydroxyl groups is 1. The van der Waals surface area contributed by atoms with Gasteiger partial charge in [-0.25, -0.2) is 4.79 Å². The number of ether oxygens (including phenoxy) is 1. The number of amides is 1. The molecule has 0 heterocycles. The molecule has 1 aromatic rings. The average Bonchev–Trinajstić information content (AvgIpc) is 2.33. The van der Waals surface area contributed by atoms with Crippen molar-refractivity contribution in [1.29, 1.82) is 0 Å². The van der Waals surface area contributed by atoms with Gasteiger partial charge in [0.15, 0.2) is 6.61 Å². The van der Waals surface area contributed by atoms with Crippen molar-refractivity contribution in [3.63, 3.8) is 0 Å². The van der Waals surface area contributed by atoms with E-state index in [1.54, 1.807) is 5.32 Å². The molecule has 0 aliphatic rings. The van der Waals surface area contributed by atoms with Gasteiger partial charge >= 0.3 is 12.1 Å². The molecule has 1 amide bonds. The topological polar surface area (TPSA) is 75.6 Å². The lowest BCUT2D eigenvalue weighted by atomic mass is 10.2. The van der Waals surface area contributed by atoms with Crippen LogP contribution in [0.25, 0.3) is 0 Å². The maximum Gasteiger partial charge on any atom is 0.405 e. The zero-order chi connectivity index (χ0) is 14.5. The summed E-state index contributed by atoms with van der Waals surface area (Å²) in [6.07, 6.45) is -4.52. The van der Waals surface area contributed by atoms with Crippen molar-refractivity contribution in [3.8, 4) is 5.75 Å². The Morgan fingerprint density at radius 2 is 1.79 bits per heavy atom. The molecule has 0 bridgehead atoms. The first-order chi connectivity index (χ1) is 8.78. The van der Waals surface area contributed by atoms with E-state index >= 15 is 0 Å². The molecule has 0 aliphatic heterocycles. The third-order valence-electron chi connectivity index (χ3n) is 1.92.